The van der Waals surface area contributed by atoms with E-state index in [-0.39, 0.29) is 35.0 Å². The smallest absolute Gasteiger partial charge is 0.315 e. The first kappa shape index (κ1) is 30.3. The van der Waals surface area contributed by atoms with Gasteiger partial charge in [-0.3, -0.25) is 15.1 Å². The van der Waals surface area contributed by atoms with Crippen molar-refractivity contribution in [2.75, 3.05) is 5.75 Å². The van der Waals surface area contributed by atoms with Crippen LogP contribution in [-0.2, 0) is 16.6 Å². The fourth-order valence-electron chi connectivity index (χ4n) is 4.00. The zero-order valence-electron chi connectivity index (χ0n) is 22.5. The molecule has 3 atom stereocenters. The maximum absolute atomic E-state index is 12.9. The number of hydrogen-bond donors (Lipinski definition) is 3. The molecule has 1 unspecified atom stereocenters. The fourth-order valence-corrected chi connectivity index (χ4v) is 6.58. The number of carbonyl (C=O) groups excluding carboxylic acids is 1. The second kappa shape index (κ2) is 12.8. The number of nitrogens with one attached hydrogen (secondary N) is 3. The highest BCUT2D eigenvalue weighted by Crippen LogP contribution is 2.31. The predicted octanol–water partition coefficient (Wildman–Crippen LogP) is 4.58. The Hall–Kier alpha value is -3.22. The number of rotatable bonds is 9. The molecule has 210 valence electrons. The van der Waals surface area contributed by atoms with E-state index in [1.807, 2.05) is 37.3 Å². The van der Waals surface area contributed by atoms with E-state index in [1.165, 1.54) is 23.9 Å². The number of non-ortho nitro benzene ring substituents is 1. The summed E-state index contributed by atoms with van der Waals surface area (Å²) in [5.74, 6) is 0.239. The maximum Gasteiger partial charge on any atom is 0.315 e. The molecule has 2 aromatic carbocycles. The molecule has 2 amide bonds. The lowest BCUT2D eigenvalue weighted by molar-refractivity contribution is -0.384. The number of nitro groups is 1. The highest BCUT2D eigenvalue weighted by Gasteiger charge is 2.34. The third kappa shape index (κ3) is 8.91. The average Bonchev–Trinajstić information content (AvgIpc) is 3.01. The molecule has 0 radical (unpaired) electrons. The van der Waals surface area contributed by atoms with Crippen LogP contribution in [0.1, 0.15) is 45.2 Å². The van der Waals surface area contributed by atoms with Crippen LogP contribution < -0.4 is 15.4 Å². The second-order valence-corrected chi connectivity index (χ2v) is 13.3. The largest absolute Gasteiger partial charge is 0.334 e. The minimum atomic E-state index is -3.82. The maximum atomic E-state index is 12.9. The van der Waals surface area contributed by atoms with Gasteiger partial charge in [0.1, 0.15) is 0 Å². The number of benzene rings is 2. The molecule has 3 N–H and O–H groups in total. The van der Waals surface area contributed by atoms with E-state index in [2.05, 4.69) is 21.9 Å². The third-order valence-electron chi connectivity index (χ3n) is 6.12. The van der Waals surface area contributed by atoms with Crippen LogP contribution in [0.2, 0.25) is 0 Å². The summed E-state index contributed by atoms with van der Waals surface area (Å²) in [6, 6.07) is 14.4. The van der Waals surface area contributed by atoms with Crippen LogP contribution in [0.15, 0.2) is 71.1 Å². The Kier molecular flexibility index (Phi) is 9.92. The van der Waals surface area contributed by atoms with Gasteiger partial charge in [-0.05, 0) is 44.4 Å². The second-order valence-electron chi connectivity index (χ2n) is 10.5. The quantitative estimate of drug-likeness (QED) is 0.296. The van der Waals surface area contributed by atoms with Crippen LogP contribution >= 0.6 is 11.8 Å². The number of hydrogen-bond acceptors (Lipinski definition) is 7. The van der Waals surface area contributed by atoms with Gasteiger partial charge in [0, 0.05) is 48.0 Å². The molecular weight excluding hydrogens is 538 g/mol. The van der Waals surface area contributed by atoms with Gasteiger partial charge in [-0.15, -0.1) is 11.8 Å². The van der Waals surface area contributed by atoms with Crippen molar-refractivity contribution in [1.29, 1.82) is 0 Å². The molecule has 0 bridgehead atoms. The summed E-state index contributed by atoms with van der Waals surface area (Å²) in [5, 5.41) is 17.6. The molecule has 0 saturated heterocycles. The van der Waals surface area contributed by atoms with Crippen LogP contribution in [0.25, 0.3) is 0 Å². The molecule has 10 nitrogen and oxygen atoms in total. The van der Waals surface area contributed by atoms with Crippen molar-refractivity contribution in [2.24, 2.45) is 10.9 Å². The lowest BCUT2D eigenvalue weighted by Crippen LogP contribution is -2.48. The predicted molar refractivity (Wildman–Crippen MR) is 156 cm³/mol. The SMILES string of the molecule is C=C(C[C@H]1N=C(c2ccc([N+](=O)[O-])cc2)SCC(NC(=O)NCc2ccccc2)[C@H]1C)S(=O)(=O)NC(C)(C)C. The first-order valence-corrected chi connectivity index (χ1v) is 15.0. The van der Waals surface area contributed by atoms with Crippen molar-refractivity contribution in [3.63, 3.8) is 0 Å². The van der Waals surface area contributed by atoms with Crippen molar-refractivity contribution in [1.82, 2.24) is 15.4 Å². The van der Waals surface area contributed by atoms with Crippen LogP contribution in [0.3, 0.4) is 0 Å². The van der Waals surface area contributed by atoms with Crippen molar-refractivity contribution in [3.05, 3.63) is 87.3 Å². The number of sulfonamides is 1. The summed E-state index contributed by atoms with van der Waals surface area (Å²) < 4.78 is 28.5. The zero-order valence-corrected chi connectivity index (χ0v) is 24.1. The highest BCUT2D eigenvalue weighted by atomic mass is 32.2. The van der Waals surface area contributed by atoms with Crippen LogP contribution in [0.4, 0.5) is 10.5 Å². The molecule has 1 heterocycles. The van der Waals surface area contributed by atoms with Gasteiger partial charge in [0.2, 0.25) is 10.0 Å². The Bertz CT molecular complexity index is 1320. The Balaban J connectivity index is 1.83. The fraction of sp³-hybridized carbons (Fsp3) is 0.407. The van der Waals surface area contributed by atoms with Gasteiger partial charge in [-0.1, -0.05) is 43.8 Å². The Labute approximate surface area is 234 Å². The minimum Gasteiger partial charge on any atom is -0.334 e. The number of carbonyl (C=O) groups is 1. The molecule has 0 saturated carbocycles. The molecule has 3 rings (SSSR count). The van der Waals surface area contributed by atoms with E-state index in [0.29, 0.717) is 22.9 Å². The van der Waals surface area contributed by atoms with E-state index in [0.717, 1.165) is 5.56 Å². The molecule has 1 aliphatic heterocycles. The third-order valence-corrected chi connectivity index (χ3v) is 9.07. The Morgan fingerprint density at radius 2 is 1.79 bits per heavy atom. The minimum absolute atomic E-state index is 0.000235. The molecule has 1 aliphatic rings. The summed E-state index contributed by atoms with van der Waals surface area (Å²) in [6.45, 7) is 11.4. The van der Waals surface area contributed by atoms with E-state index >= 15 is 0 Å². The molecule has 0 aromatic heterocycles. The molecule has 0 fully saturated rings. The number of urea groups is 1. The van der Waals surface area contributed by atoms with Gasteiger partial charge < -0.3 is 10.6 Å². The van der Waals surface area contributed by atoms with E-state index < -0.39 is 26.5 Å². The molecule has 39 heavy (non-hydrogen) atoms. The number of thioether (sulfide) groups is 1. The van der Waals surface area contributed by atoms with Gasteiger partial charge in [0.05, 0.1) is 20.9 Å². The number of nitro benzene ring substituents is 1. The highest BCUT2D eigenvalue weighted by molar-refractivity contribution is 8.14. The molecule has 0 spiro atoms. The van der Waals surface area contributed by atoms with Gasteiger partial charge in [0.15, 0.2) is 0 Å². The van der Waals surface area contributed by atoms with Crippen molar-refractivity contribution in [3.8, 4) is 0 Å². The Morgan fingerprint density at radius 1 is 1.15 bits per heavy atom. The van der Waals surface area contributed by atoms with E-state index in [4.69, 9.17) is 4.99 Å². The van der Waals surface area contributed by atoms with Gasteiger partial charge in [0.25, 0.3) is 5.69 Å². The average molecular weight is 574 g/mol. The summed E-state index contributed by atoms with van der Waals surface area (Å²) in [4.78, 5) is 28.3. The van der Waals surface area contributed by atoms with Gasteiger partial charge in [-0.25, -0.2) is 17.9 Å². The number of amides is 2. The molecule has 12 heteroatoms. The monoisotopic (exact) mass is 573 g/mol. The molecule has 2 aromatic rings. The summed E-state index contributed by atoms with van der Waals surface area (Å²) in [7, 11) is -3.82. The van der Waals surface area contributed by atoms with E-state index in [9.17, 15) is 23.3 Å². The molecular formula is C27H35N5O5S2. The summed E-state index contributed by atoms with van der Waals surface area (Å²) in [5.41, 5.74) is 0.926. The normalized spacial score (nSPS) is 19.9. The van der Waals surface area contributed by atoms with Gasteiger partial charge >= 0.3 is 6.03 Å². The first-order valence-electron chi connectivity index (χ1n) is 12.5. The van der Waals surface area contributed by atoms with Crippen molar-refractivity contribution >= 4 is 38.5 Å². The Morgan fingerprint density at radius 3 is 2.38 bits per heavy atom. The zero-order chi connectivity index (χ0) is 28.8. The van der Waals surface area contributed by atoms with Crippen LogP contribution in [0, 0.1) is 16.0 Å². The van der Waals surface area contributed by atoms with Crippen molar-refractivity contribution in [2.45, 2.75) is 58.3 Å². The lowest BCUT2D eigenvalue weighted by Gasteiger charge is -2.28. The van der Waals surface area contributed by atoms with Gasteiger partial charge in [-0.2, -0.15) is 0 Å². The van der Waals surface area contributed by atoms with E-state index in [1.54, 1.807) is 32.9 Å². The standard InChI is InChI=1S/C27H35N5O5S2/c1-18(39(36,37)31-27(3,4)5)15-23-19(2)24(30-26(33)28-16-20-9-7-6-8-10-20)17-38-25(29-23)21-11-13-22(14-12-21)32(34)35/h6-14,19,23-24,31H,1,15-17H2,2-5H3,(H2,28,30,33)/t19-,23+,24?/m0/s1. The number of aliphatic imine (C=N–C) groups is 1. The van der Waals surface area contributed by atoms with Crippen LogP contribution in [-0.4, -0.2) is 47.8 Å². The topological polar surface area (TPSA) is 143 Å². The van der Waals surface area contributed by atoms with Crippen molar-refractivity contribution < 1.29 is 18.1 Å². The first-order chi connectivity index (χ1) is 18.2. The summed E-state index contributed by atoms with van der Waals surface area (Å²) >= 11 is 1.41. The van der Waals surface area contributed by atoms with Crippen LogP contribution in [0.5, 0.6) is 0 Å². The number of nitrogens with zero attached hydrogens (tertiary/aromatic N) is 2. The summed E-state index contributed by atoms with van der Waals surface area (Å²) in [6.07, 6.45) is 0.0490. The lowest BCUT2D eigenvalue weighted by atomic mass is 9.92. The molecule has 0 aliphatic carbocycles.